The van der Waals surface area contributed by atoms with Crippen molar-refractivity contribution in [3.05, 3.63) is 40.2 Å². The van der Waals surface area contributed by atoms with Crippen molar-refractivity contribution in [2.45, 2.75) is 20.8 Å². The van der Waals surface area contributed by atoms with Gasteiger partial charge >= 0.3 is 5.63 Å². The number of aryl methyl sites for hydroxylation is 1. The number of ether oxygens (including phenoxy) is 1. The summed E-state index contributed by atoms with van der Waals surface area (Å²) in [7, 11) is 1.58. The zero-order valence-corrected chi connectivity index (χ0v) is 10.0. The number of benzene rings is 1. The zero-order chi connectivity index (χ0) is 12.1. The van der Waals surface area contributed by atoms with Crippen molar-refractivity contribution in [2.24, 2.45) is 0 Å². The minimum Gasteiger partial charge on any atom is -0.497 e. The lowest BCUT2D eigenvalue weighted by atomic mass is 10.2. The average molecular weight is 220 g/mol. The SMILES string of the molecule is CC.COc1ccc2cc(C)c(=O)oc2c1. The van der Waals surface area contributed by atoms with Gasteiger partial charge in [0.15, 0.2) is 0 Å². The van der Waals surface area contributed by atoms with Crippen LogP contribution in [0.1, 0.15) is 19.4 Å². The first kappa shape index (κ1) is 12.3. The van der Waals surface area contributed by atoms with Crippen LogP contribution in [0.4, 0.5) is 0 Å². The third-order valence-corrected chi connectivity index (χ3v) is 2.12. The molecule has 0 fully saturated rings. The number of hydrogen-bond acceptors (Lipinski definition) is 3. The van der Waals surface area contributed by atoms with E-state index >= 15 is 0 Å². The highest BCUT2D eigenvalue weighted by atomic mass is 16.5. The van der Waals surface area contributed by atoms with Crippen LogP contribution in [0.5, 0.6) is 5.75 Å². The van der Waals surface area contributed by atoms with Crippen LogP contribution in [0.25, 0.3) is 11.0 Å². The van der Waals surface area contributed by atoms with Gasteiger partial charge in [0, 0.05) is 17.0 Å². The summed E-state index contributed by atoms with van der Waals surface area (Å²) >= 11 is 0. The van der Waals surface area contributed by atoms with Crippen molar-refractivity contribution in [3.8, 4) is 5.75 Å². The van der Waals surface area contributed by atoms with Crippen LogP contribution in [0.3, 0.4) is 0 Å². The predicted molar refractivity (Wildman–Crippen MR) is 65.1 cm³/mol. The Morgan fingerprint density at radius 2 is 1.88 bits per heavy atom. The minimum absolute atomic E-state index is 0.300. The van der Waals surface area contributed by atoms with Gasteiger partial charge in [0.1, 0.15) is 11.3 Å². The molecule has 2 aromatic rings. The van der Waals surface area contributed by atoms with Crippen molar-refractivity contribution in [2.75, 3.05) is 7.11 Å². The summed E-state index contributed by atoms with van der Waals surface area (Å²) in [6.45, 7) is 5.73. The van der Waals surface area contributed by atoms with Crippen molar-refractivity contribution < 1.29 is 9.15 Å². The molecule has 0 atom stereocenters. The lowest BCUT2D eigenvalue weighted by molar-refractivity contribution is 0.414. The first-order valence-electron chi connectivity index (χ1n) is 5.29. The summed E-state index contributed by atoms with van der Waals surface area (Å²) in [6, 6.07) is 7.21. The summed E-state index contributed by atoms with van der Waals surface area (Å²) in [5.74, 6) is 0.685. The molecule has 0 aliphatic heterocycles. The fourth-order valence-corrected chi connectivity index (χ4v) is 1.32. The van der Waals surface area contributed by atoms with E-state index in [-0.39, 0.29) is 5.63 Å². The van der Waals surface area contributed by atoms with Gasteiger partial charge in [0.05, 0.1) is 7.11 Å². The lowest BCUT2D eigenvalue weighted by Crippen LogP contribution is -2.01. The molecule has 3 nitrogen and oxygen atoms in total. The van der Waals surface area contributed by atoms with E-state index in [4.69, 9.17) is 9.15 Å². The molecular formula is C13H16O3. The molecule has 1 heterocycles. The molecule has 0 amide bonds. The van der Waals surface area contributed by atoms with Gasteiger partial charge in [-0.2, -0.15) is 0 Å². The topological polar surface area (TPSA) is 39.4 Å². The van der Waals surface area contributed by atoms with E-state index in [1.54, 1.807) is 26.2 Å². The van der Waals surface area contributed by atoms with Crippen LogP contribution in [0.2, 0.25) is 0 Å². The Hall–Kier alpha value is -1.77. The Morgan fingerprint density at radius 1 is 1.19 bits per heavy atom. The van der Waals surface area contributed by atoms with E-state index in [1.807, 2.05) is 26.0 Å². The van der Waals surface area contributed by atoms with Crippen LogP contribution in [-0.4, -0.2) is 7.11 Å². The van der Waals surface area contributed by atoms with Gasteiger partial charge in [-0.3, -0.25) is 0 Å². The van der Waals surface area contributed by atoms with Gasteiger partial charge in [-0.05, 0) is 25.1 Å². The van der Waals surface area contributed by atoms with E-state index in [0.717, 1.165) is 5.39 Å². The Balaban J connectivity index is 0.000000606. The molecule has 16 heavy (non-hydrogen) atoms. The van der Waals surface area contributed by atoms with E-state index in [2.05, 4.69) is 0 Å². The molecule has 0 aliphatic carbocycles. The maximum Gasteiger partial charge on any atom is 0.339 e. The summed E-state index contributed by atoms with van der Waals surface area (Å²) in [4.78, 5) is 11.2. The molecule has 1 aromatic heterocycles. The highest BCUT2D eigenvalue weighted by molar-refractivity contribution is 5.78. The van der Waals surface area contributed by atoms with Crippen LogP contribution in [-0.2, 0) is 0 Å². The first-order chi connectivity index (χ1) is 7.70. The molecule has 1 aromatic carbocycles. The Bertz CT molecular complexity index is 526. The predicted octanol–water partition coefficient (Wildman–Crippen LogP) is 3.14. The molecule has 3 heteroatoms. The minimum atomic E-state index is -0.300. The number of rotatable bonds is 1. The molecule has 0 spiro atoms. The maximum absolute atomic E-state index is 11.2. The Labute approximate surface area is 94.7 Å². The van der Waals surface area contributed by atoms with E-state index in [9.17, 15) is 4.79 Å². The normalized spacial score (nSPS) is 9.50. The fraction of sp³-hybridized carbons (Fsp3) is 0.308. The molecule has 0 saturated carbocycles. The third-order valence-electron chi connectivity index (χ3n) is 2.12. The summed E-state index contributed by atoms with van der Waals surface area (Å²) in [6.07, 6.45) is 0. The first-order valence-corrected chi connectivity index (χ1v) is 5.29. The Kier molecular flexibility index (Phi) is 4.11. The lowest BCUT2D eigenvalue weighted by Gasteiger charge is -2.01. The third kappa shape index (κ3) is 2.42. The second kappa shape index (κ2) is 5.35. The Morgan fingerprint density at radius 3 is 2.50 bits per heavy atom. The molecule has 0 radical (unpaired) electrons. The molecule has 0 N–H and O–H groups in total. The monoisotopic (exact) mass is 220 g/mol. The van der Waals surface area contributed by atoms with Crippen LogP contribution in [0.15, 0.2) is 33.5 Å². The molecule has 0 bridgehead atoms. The average Bonchev–Trinajstić information content (AvgIpc) is 2.33. The largest absolute Gasteiger partial charge is 0.497 e. The molecular weight excluding hydrogens is 204 g/mol. The summed E-state index contributed by atoms with van der Waals surface area (Å²) in [5, 5.41) is 0.905. The van der Waals surface area contributed by atoms with Crippen molar-refractivity contribution in [1.82, 2.24) is 0 Å². The quantitative estimate of drug-likeness (QED) is 0.693. The number of hydrogen-bond donors (Lipinski definition) is 0. The van der Waals surface area contributed by atoms with Gasteiger partial charge < -0.3 is 9.15 Å². The van der Waals surface area contributed by atoms with E-state index in [0.29, 0.717) is 16.9 Å². The highest BCUT2D eigenvalue weighted by Gasteiger charge is 2.01. The van der Waals surface area contributed by atoms with Crippen molar-refractivity contribution in [1.29, 1.82) is 0 Å². The highest BCUT2D eigenvalue weighted by Crippen LogP contribution is 2.19. The standard InChI is InChI=1S/C11H10O3.C2H6/c1-7-5-8-3-4-9(13-2)6-10(8)14-11(7)12;1-2/h3-6H,1-2H3;1-2H3. The number of methoxy groups -OCH3 is 1. The second-order valence-electron chi connectivity index (χ2n) is 3.12. The van der Waals surface area contributed by atoms with Gasteiger partial charge in [0.25, 0.3) is 0 Å². The fourth-order valence-electron chi connectivity index (χ4n) is 1.32. The smallest absolute Gasteiger partial charge is 0.339 e. The van der Waals surface area contributed by atoms with Gasteiger partial charge in [-0.25, -0.2) is 4.79 Å². The summed E-state index contributed by atoms with van der Waals surface area (Å²) < 4.78 is 10.1. The maximum atomic E-state index is 11.2. The van der Waals surface area contributed by atoms with Crippen LogP contribution in [0, 0.1) is 6.92 Å². The van der Waals surface area contributed by atoms with Gasteiger partial charge in [0.2, 0.25) is 0 Å². The van der Waals surface area contributed by atoms with Crippen LogP contribution >= 0.6 is 0 Å². The van der Waals surface area contributed by atoms with Gasteiger partial charge in [-0.15, -0.1) is 0 Å². The zero-order valence-electron chi connectivity index (χ0n) is 10.0. The van der Waals surface area contributed by atoms with Gasteiger partial charge in [-0.1, -0.05) is 13.8 Å². The summed E-state index contributed by atoms with van der Waals surface area (Å²) in [5.41, 5.74) is 0.869. The van der Waals surface area contributed by atoms with Crippen molar-refractivity contribution >= 4 is 11.0 Å². The molecule has 0 unspecified atom stereocenters. The van der Waals surface area contributed by atoms with Crippen molar-refractivity contribution in [3.63, 3.8) is 0 Å². The van der Waals surface area contributed by atoms with Crippen LogP contribution < -0.4 is 10.4 Å². The molecule has 0 saturated heterocycles. The van der Waals surface area contributed by atoms with E-state index < -0.39 is 0 Å². The molecule has 86 valence electrons. The second-order valence-corrected chi connectivity index (χ2v) is 3.12. The molecule has 2 rings (SSSR count). The molecule has 0 aliphatic rings. The van der Waals surface area contributed by atoms with E-state index in [1.165, 1.54) is 0 Å². The number of fused-ring (bicyclic) bond motifs is 1.